The number of ether oxygens (including phenoxy) is 1. The second-order valence-electron chi connectivity index (χ2n) is 5.60. The van der Waals surface area contributed by atoms with Gasteiger partial charge in [0.25, 0.3) is 0 Å². The summed E-state index contributed by atoms with van der Waals surface area (Å²) in [6.45, 7) is 9.26. The minimum Gasteiger partial charge on any atom is -0.383 e. The van der Waals surface area contributed by atoms with E-state index < -0.39 is 0 Å². The van der Waals surface area contributed by atoms with Gasteiger partial charge in [-0.2, -0.15) is 0 Å². The molecule has 1 aliphatic rings. The maximum absolute atomic E-state index is 11.8. The Morgan fingerprint density at radius 1 is 1.35 bits per heavy atom. The molecule has 20 heavy (non-hydrogen) atoms. The van der Waals surface area contributed by atoms with Crippen LogP contribution in [0.3, 0.4) is 0 Å². The largest absolute Gasteiger partial charge is 0.383 e. The zero-order valence-corrected chi connectivity index (χ0v) is 13.3. The molecule has 0 saturated carbocycles. The molecule has 2 unspecified atom stereocenters. The highest BCUT2D eigenvalue weighted by atomic mass is 16.5. The van der Waals surface area contributed by atoms with Gasteiger partial charge in [-0.3, -0.25) is 9.69 Å². The Kier molecular flexibility index (Phi) is 8.82. The Morgan fingerprint density at radius 3 is 2.80 bits per heavy atom. The average Bonchev–Trinajstić information content (AvgIpc) is 2.46. The van der Waals surface area contributed by atoms with E-state index in [0.29, 0.717) is 31.7 Å². The first-order valence-electron chi connectivity index (χ1n) is 7.92. The smallest absolute Gasteiger partial charge is 0.234 e. The second kappa shape index (κ2) is 10.1. The summed E-state index contributed by atoms with van der Waals surface area (Å²) in [6, 6.07) is 0.618. The lowest BCUT2D eigenvalue weighted by Crippen LogP contribution is -2.51. The predicted octanol–water partition coefficient (Wildman–Crippen LogP) is 0.849. The number of hydrogen-bond donors (Lipinski definition) is 2. The zero-order valence-electron chi connectivity index (χ0n) is 13.3. The fourth-order valence-electron chi connectivity index (χ4n) is 2.81. The molecule has 2 atom stereocenters. The van der Waals surface area contributed by atoms with Gasteiger partial charge in [0.15, 0.2) is 0 Å². The fraction of sp³-hybridized carbons (Fsp3) is 0.933. The van der Waals surface area contributed by atoms with Crippen molar-refractivity contribution >= 4 is 5.91 Å². The van der Waals surface area contributed by atoms with Gasteiger partial charge in [-0.05, 0) is 25.3 Å². The van der Waals surface area contributed by atoms with Crippen molar-refractivity contribution in [2.24, 2.45) is 5.92 Å². The summed E-state index contributed by atoms with van der Waals surface area (Å²) in [4.78, 5) is 14.1. The maximum atomic E-state index is 11.8. The first-order valence-corrected chi connectivity index (χ1v) is 7.92. The number of piperidine rings is 1. The quantitative estimate of drug-likeness (QED) is 0.617. The van der Waals surface area contributed by atoms with Crippen LogP contribution in [-0.2, 0) is 9.53 Å². The Morgan fingerprint density at radius 2 is 2.15 bits per heavy atom. The molecule has 0 aromatic heterocycles. The molecule has 5 heteroatoms. The molecule has 1 fully saturated rings. The van der Waals surface area contributed by atoms with Gasteiger partial charge >= 0.3 is 0 Å². The number of carbonyl (C=O) groups is 1. The van der Waals surface area contributed by atoms with Crippen molar-refractivity contribution in [1.82, 2.24) is 15.5 Å². The van der Waals surface area contributed by atoms with E-state index >= 15 is 0 Å². The van der Waals surface area contributed by atoms with E-state index in [1.165, 1.54) is 12.8 Å². The summed E-state index contributed by atoms with van der Waals surface area (Å²) in [7, 11) is 1.64. The van der Waals surface area contributed by atoms with Crippen LogP contribution in [0.15, 0.2) is 0 Å². The van der Waals surface area contributed by atoms with Gasteiger partial charge in [-0.15, -0.1) is 0 Å². The van der Waals surface area contributed by atoms with Gasteiger partial charge in [0.1, 0.15) is 0 Å². The van der Waals surface area contributed by atoms with Crippen molar-refractivity contribution in [3.8, 4) is 0 Å². The van der Waals surface area contributed by atoms with Crippen molar-refractivity contribution in [2.45, 2.75) is 39.2 Å². The van der Waals surface area contributed by atoms with Gasteiger partial charge in [0.2, 0.25) is 5.91 Å². The van der Waals surface area contributed by atoms with Crippen LogP contribution in [0.1, 0.15) is 33.1 Å². The van der Waals surface area contributed by atoms with Crippen molar-refractivity contribution < 1.29 is 9.53 Å². The van der Waals surface area contributed by atoms with Gasteiger partial charge in [-0.1, -0.05) is 20.3 Å². The summed E-state index contributed by atoms with van der Waals surface area (Å²) in [5, 5.41) is 6.53. The van der Waals surface area contributed by atoms with Gasteiger partial charge < -0.3 is 15.4 Å². The van der Waals surface area contributed by atoms with Crippen molar-refractivity contribution in [3.05, 3.63) is 0 Å². The van der Waals surface area contributed by atoms with E-state index in [2.05, 4.69) is 29.4 Å². The number of rotatable bonds is 9. The van der Waals surface area contributed by atoms with E-state index in [0.717, 1.165) is 26.1 Å². The molecule has 1 aliphatic heterocycles. The fourth-order valence-corrected chi connectivity index (χ4v) is 2.81. The summed E-state index contributed by atoms with van der Waals surface area (Å²) < 4.78 is 4.93. The molecule has 0 aliphatic carbocycles. The third kappa shape index (κ3) is 6.20. The molecule has 1 rings (SSSR count). The number of carbonyl (C=O) groups excluding carboxylic acids is 1. The lowest BCUT2D eigenvalue weighted by molar-refractivity contribution is -0.123. The van der Waals surface area contributed by atoms with E-state index in [9.17, 15) is 4.79 Å². The molecule has 0 aromatic rings. The Hall–Kier alpha value is -0.650. The molecule has 1 heterocycles. The number of amides is 1. The highest BCUT2D eigenvalue weighted by Gasteiger charge is 2.28. The highest BCUT2D eigenvalue weighted by molar-refractivity contribution is 5.78. The first-order chi connectivity index (χ1) is 9.71. The van der Waals surface area contributed by atoms with E-state index in [1.807, 2.05) is 0 Å². The minimum absolute atomic E-state index is 0.108. The van der Waals surface area contributed by atoms with Crippen LogP contribution >= 0.6 is 0 Å². The van der Waals surface area contributed by atoms with Crippen LogP contribution in [0.25, 0.3) is 0 Å². The van der Waals surface area contributed by atoms with Crippen LogP contribution < -0.4 is 10.6 Å². The van der Waals surface area contributed by atoms with E-state index in [-0.39, 0.29) is 5.91 Å². The third-order valence-corrected chi connectivity index (χ3v) is 3.99. The average molecular weight is 285 g/mol. The Balaban J connectivity index is 2.30. The van der Waals surface area contributed by atoms with Crippen molar-refractivity contribution in [2.75, 3.05) is 46.4 Å². The summed E-state index contributed by atoms with van der Waals surface area (Å²) in [5.74, 6) is 0.763. The van der Waals surface area contributed by atoms with Crippen molar-refractivity contribution in [1.29, 1.82) is 0 Å². The van der Waals surface area contributed by atoms with Crippen LogP contribution in [-0.4, -0.2) is 63.3 Å². The van der Waals surface area contributed by atoms with Crippen LogP contribution in [0.5, 0.6) is 0 Å². The molecule has 5 nitrogen and oxygen atoms in total. The molecule has 1 amide bonds. The third-order valence-electron chi connectivity index (χ3n) is 3.99. The predicted molar refractivity (Wildman–Crippen MR) is 81.8 cm³/mol. The molecule has 2 N–H and O–H groups in total. The highest BCUT2D eigenvalue weighted by Crippen LogP contribution is 2.20. The first kappa shape index (κ1) is 17.4. The van der Waals surface area contributed by atoms with Crippen molar-refractivity contribution in [3.63, 3.8) is 0 Å². The summed E-state index contributed by atoms with van der Waals surface area (Å²) >= 11 is 0. The molecular weight excluding hydrogens is 254 g/mol. The number of methoxy groups -OCH3 is 1. The summed E-state index contributed by atoms with van der Waals surface area (Å²) in [5.41, 5.74) is 0. The number of hydrogen-bond acceptors (Lipinski definition) is 4. The van der Waals surface area contributed by atoms with E-state index in [1.54, 1.807) is 7.11 Å². The summed E-state index contributed by atoms with van der Waals surface area (Å²) in [6.07, 6.45) is 3.49. The number of nitrogens with one attached hydrogen (secondary N) is 2. The molecule has 0 bridgehead atoms. The molecule has 0 radical (unpaired) electrons. The van der Waals surface area contributed by atoms with Gasteiger partial charge in [-0.25, -0.2) is 0 Å². The van der Waals surface area contributed by atoms with Gasteiger partial charge in [0.05, 0.1) is 13.2 Å². The minimum atomic E-state index is 0.108. The van der Waals surface area contributed by atoms with Crippen LogP contribution in [0.4, 0.5) is 0 Å². The zero-order chi connectivity index (χ0) is 14.8. The standard InChI is InChI=1S/C15H31N3O2/c1-4-7-16-14-6-9-18(11-13(14)5-2)12-15(19)17-8-10-20-3/h13-14,16H,4-12H2,1-3H3,(H,17,19). The number of likely N-dealkylation sites (tertiary alicyclic amines) is 1. The van der Waals surface area contributed by atoms with Crippen LogP contribution in [0.2, 0.25) is 0 Å². The lowest BCUT2D eigenvalue weighted by Gasteiger charge is -2.38. The maximum Gasteiger partial charge on any atom is 0.234 e. The topological polar surface area (TPSA) is 53.6 Å². The Labute approximate surface area is 123 Å². The SMILES string of the molecule is CCCNC1CCN(CC(=O)NCCOC)CC1CC. The molecule has 0 spiro atoms. The monoisotopic (exact) mass is 285 g/mol. The Bertz CT molecular complexity index is 274. The van der Waals surface area contributed by atoms with E-state index in [4.69, 9.17) is 4.74 Å². The molecule has 0 aromatic carbocycles. The lowest BCUT2D eigenvalue weighted by atomic mass is 9.90. The number of nitrogens with zero attached hydrogens (tertiary/aromatic N) is 1. The normalized spacial score (nSPS) is 23.8. The second-order valence-corrected chi connectivity index (χ2v) is 5.60. The molecular formula is C15H31N3O2. The van der Waals surface area contributed by atoms with Crippen LogP contribution in [0, 0.1) is 5.92 Å². The molecule has 118 valence electrons. The van der Waals surface area contributed by atoms with Gasteiger partial charge in [0, 0.05) is 32.8 Å². The molecule has 1 saturated heterocycles.